The Morgan fingerprint density at radius 3 is 2.54 bits per heavy atom. The fourth-order valence-corrected chi connectivity index (χ4v) is 2.92. The van der Waals surface area contributed by atoms with Crippen molar-refractivity contribution in [3.05, 3.63) is 69.7 Å². The number of aliphatic hydroxyl groups excluding tert-OH is 1. The summed E-state index contributed by atoms with van der Waals surface area (Å²) in [5.41, 5.74) is -1.68. The summed E-state index contributed by atoms with van der Waals surface area (Å²) >= 11 is 3.01. The molecule has 2 rings (SSSR count). The lowest BCUT2D eigenvalue weighted by Crippen LogP contribution is -2.49. The number of amides is 1. The summed E-state index contributed by atoms with van der Waals surface area (Å²) in [4.78, 5) is 12.1. The van der Waals surface area contributed by atoms with Gasteiger partial charge in [0.1, 0.15) is 18.8 Å². The van der Waals surface area contributed by atoms with Gasteiger partial charge in [0.25, 0.3) is 0 Å². The maximum atomic E-state index is 14.3. The van der Waals surface area contributed by atoms with Gasteiger partial charge in [-0.25, -0.2) is 18.0 Å². The van der Waals surface area contributed by atoms with E-state index in [0.29, 0.717) is 5.56 Å². The lowest BCUT2D eigenvalue weighted by atomic mass is 9.87. The molecule has 0 bridgehead atoms. The van der Waals surface area contributed by atoms with Crippen LogP contribution in [0.3, 0.4) is 0 Å². The Hall–Kier alpha value is -2.06. The number of carbonyl (C=O) groups excluding carboxylic acids is 1. The molecule has 0 aliphatic heterocycles. The molecule has 2 N–H and O–H groups in total. The van der Waals surface area contributed by atoms with E-state index in [4.69, 9.17) is 4.74 Å². The Balaban J connectivity index is 2.25. The van der Waals surface area contributed by atoms with Gasteiger partial charge in [-0.05, 0) is 17.7 Å². The maximum absolute atomic E-state index is 14.3. The smallest absolute Gasteiger partial charge is 0.408 e. The zero-order valence-electron chi connectivity index (χ0n) is 13.6. The fraction of sp³-hybridized carbons (Fsp3) is 0.278. The number of alkyl carbamates (subject to hydrolysis) is 1. The van der Waals surface area contributed by atoms with Crippen molar-refractivity contribution in [2.24, 2.45) is 0 Å². The number of aliphatic hydroxyl groups is 1. The number of halogens is 4. The molecule has 26 heavy (non-hydrogen) atoms. The number of carbonyl (C=O) groups is 1. The molecule has 0 aliphatic carbocycles. The summed E-state index contributed by atoms with van der Waals surface area (Å²) in [6.45, 7) is -1.90. The van der Waals surface area contributed by atoms with Gasteiger partial charge in [-0.15, -0.1) is 0 Å². The summed E-state index contributed by atoms with van der Waals surface area (Å²) in [6.07, 6.45) is -1.38. The SMILES string of the molecule is O=C(N[C@@](CF)(CCO)c1cc(Br)cc(F)c1F)OCc1ccccc1. The van der Waals surface area contributed by atoms with Crippen LogP contribution in [0, 0.1) is 11.6 Å². The lowest BCUT2D eigenvalue weighted by Gasteiger charge is -2.32. The first-order chi connectivity index (χ1) is 12.4. The van der Waals surface area contributed by atoms with Gasteiger partial charge >= 0.3 is 6.09 Å². The van der Waals surface area contributed by atoms with Gasteiger partial charge in [0, 0.05) is 23.1 Å². The predicted molar refractivity (Wildman–Crippen MR) is 93.2 cm³/mol. The van der Waals surface area contributed by atoms with Gasteiger partial charge in [-0.1, -0.05) is 46.3 Å². The summed E-state index contributed by atoms with van der Waals surface area (Å²) < 4.78 is 47.0. The van der Waals surface area contributed by atoms with Crippen LogP contribution in [0.5, 0.6) is 0 Å². The average Bonchev–Trinajstić information content (AvgIpc) is 2.63. The van der Waals surface area contributed by atoms with Crippen molar-refractivity contribution in [1.29, 1.82) is 0 Å². The largest absolute Gasteiger partial charge is 0.445 e. The normalized spacial score (nSPS) is 13.1. The number of rotatable bonds is 7. The van der Waals surface area contributed by atoms with E-state index >= 15 is 0 Å². The number of alkyl halides is 1. The second-order valence-electron chi connectivity index (χ2n) is 5.63. The Bertz CT molecular complexity index is 761. The summed E-state index contributed by atoms with van der Waals surface area (Å²) in [5.74, 6) is -2.51. The number of hydrogen-bond acceptors (Lipinski definition) is 3. The number of benzene rings is 2. The molecule has 4 nitrogen and oxygen atoms in total. The summed E-state index contributed by atoms with van der Waals surface area (Å²) in [5, 5.41) is 11.5. The molecule has 0 heterocycles. The highest BCUT2D eigenvalue weighted by atomic mass is 79.9. The molecule has 0 spiro atoms. The predicted octanol–water partition coefficient (Wildman–Crippen LogP) is 4.20. The first-order valence-electron chi connectivity index (χ1n) is 7.72. The Morgan fingerprint density at radius 1 is 1.23 bits per heavy atom. The minimum absolute atomic E-state index is 0.0799. The van der Waals surface area contributed by atoms with E-state index in [1.54, 1.807) is 30.3 Å². The van der Waals surface area contributed by atoms with Crippen LogP contribution in [0.4, 0.5) is 18.0 Å². The maximum Gasteiger partial charge on any atom is 0.408 e. The van der Waals surface area contributed by atoms with E-state index in [-0.39, 0.29) is 17.5 Å². The van der Waals surface area contributed by atoms with Crippen LogP contribution in [-0.4, -0.2) is 24.5 Å². The summed E-state index contributed by atoms with van der Waals surface area (Å²) in [6, 6.07) is 10.8. The Labute approximate surface area is 157 Å². The van der Waals surface area contributed by atoms with Gasteiger partial charge in [0.2, 0.25) is 0 Å². The van der Waals surface area contributed by atoms with Crippen molar-refractivity contribution in [2.45, 2.75) is 18.6 Å². The summed E-state index contributed by atoms with van der Waals surface area (Å²) in [7, 11) is 0. The third-order valence-electron chi connectivity index (χ3n) is 3.83. The molecular formula is C18H17BrF3NO3. The third-order valence-corrected chi connectivity index (χ3v) is 4.29. The van der Waals surface area contributed by atoms with Crippen LogP contribution in [0.15, 0.2) is 46.9 Å². The molecule has 2 aromatic rings. The first-order valence-corrected chi connectivity index (χ1v) is 8.52. The van der Waals surface area contributed by atoms with Crippen molar-refractivity contribution in [3.63, 3.8) is 0 Å². The topological polar surface area (TPSA) is 58.6 Å². The van der Waals surface area contributed by atoms with Gasteiger partial charge in [-0.3, -0.25) is 0 Å². The zero-order chi connectivity index (χ0) is 19.2. The highest BCUT2D eigenvalue weighted by Crippen LogP contribution is 2.32. The average molecular weight is 432 g/mol. The van der Waals surface area contributed by atoms with Crippen LogP contribution in [-0.2, 0) is 16.9 Å². The molecule has 1 amide bonds. The molecule has 8 heteroatoms. The van der Waals surface area contributed by atoms with Crippen molar-refractivity contribution in [3.8, 4) is 0 Å². The molecule has 0 saturated heterocycles. The lowest BCUT2D eigenvalue weighted by molar-refractivity contribution is 0.108. The van der Waals surface area contributed by atoms with Gasteiger partial charge in [0.05, 0.1) is 0 Å². The first kappa shape index (κ1) is 20.3. The van der Waals surface area contributed by atoms with Crippen molar-refractivity contribution in [1.82, 2.24) is 5.32 Å². The van der Waals surface area contributed by atoms with Gasteiger partial charge in [-0.2, -0.15) is 0 Å². The molecule has 0 aromatic heterocycles. The number of nitrogens with one attached hydrogen (secondary N) is 1. The molecular weight excluding hydrogens is 415 g/mol. The number of ether oxygens (including phenoxy) is 1. The highest BCUT2D eigenvalue weighted by molar-refractivity contribution is 9.10. The molecule has 0 radical (unpaired) electrons. The molecule has 2 aromatic carbocycles. The second-order valence-corrected chi connectivity index (χ2v) is 6.54. The fourth-order valence-electron chi connectivity index (χ4n) is 2.49. The van der Waals surface area contributed by atoms with Crippen LogP contribution < -0.4 is 5.32 Å². The van der Waals surface area contributed by atoms with Crippen LogP contribution in [0.1, 0.15) is 17.5 Å². The van der Waals surface area contributed by atoms with Crippen LogP contribution in [0.2, 0.25) is 0 Å². The molecule has 0 fully saturated rings. The molecule has 0 aliphatic rings. The molecule has 0 unspecified atom stereocenters. The second kappa shape index (κ2) is 9.05. The van der Waals surface area contributed by atoms with Crippen molar-refractivity contribution < 1.29 is 27.8 Å². The number of hydrogen-bond donors (Lipinski definition) is 2. The van der Waals surface area contributed by atoms with E-state index in [1.165, 1.54) is 0 Å². The Kier molecular flexibility index (Phi) is 7.05. The molecule has 140 valence electrons. The Morgan fingerprint density at radius 2 is 1.92 bits per heavy atom. The van der Waals surface area contributed by atoms with Crippen LogP contribution >= 0.6 is 15.9 Å². The molecule has 0 saturated carbocycles. The van der Waals surface area contributed by atoms with Crippen molar-refractivity contribution in [2.75, 3.05) is 13.3 Å². The van der Waals surface area contributed by atoms with E-state index in [1.807, 2.05) is 0 Å². The van der Waals surface area contributed by atoms with E-state index in [9.17, 15) is 23.1 Å². The zero-order valence-corrected chi connectivity index (χ0v) is 15.2. The minimum atomic E-state index is -1.96. The minimum Gasteiger partial charge on any atom is -0.445 e. The third kappa shape index (κ3) is 4.76. The van der Waals surface area contributed by atoms with Crippen molar-refractivity contribution >= 4 is 22.0 Å². The van der Waals surface area contributed by atoms with E-state index < -0.39 is 42.1 Å². The molecule has 1 atom stereocenters. The highest BCUT2D eigenvalue weighted by Gasteiger charge is 2.38. The van der Waals surface area contributed by atoms with Crippen LogP contribution in [0.25, 0.3) is 0 Å². The standard InChI is InChI=1S/C18H17BrF3NO3/c19-13-8-14(16(22)15(21)9-13)18(11-20,6-7-24)23-17(25)26-10-12-4-2-1-3-5-12/h1-5,8-9,24H,6-7,10-11H2,(H,23,25)/t18-/m1/s1. The van der Waals surface area contributed by atoms with E-state index in [0.717, 1.165) is 12.1 Å². The quantitative estimate of drug-likeness (QED) is 0.645. The van der Waals surface area contributed by atoms with E-state index in [2.05, 4.69) is 21.2 Å². The van der Waals surface area contributed by atoms with Gasteiger partial charge in [0.15, 0.2) is 11.6 Å². The monoisotopic (exact) mass is 431 g/mol. The van der Waals surface area contributed by atoms with Gasteiger partial charge < -0.3 is 15.2 Å².